The third-order valence-electron chi connectivity index (χ3n) is 24.5. The number of hydrogen-bond acceptors (Lipinski definition) is 2. The number of para-hydroxylation sites is 10. The fourth-order valence-corrected chi connectivity index (χ4v) is 20.6. The van der Waals surface area contributed by atoms with Gasteiger partial charge >= 0.3 is 0 Å². The maximum atomic E-state index is 6.56. The third kappa shape index (κ3) is 9.53. The van der Waals surface area contributed by atoms with E-state index in [2.05, 4.69) is 422 Å². The quantitative estimate of drug-likeness (QED) is 0.149. The maximum absolute atomic E-state index is 6.56. The lowest BCUT2D eigenvalue weighted by Gasteiger charge is -2.11. The summed E-state index contributed by atoms with van der Waals surface area (Å²) in [6, 6.07) is 146. The molecule has 0 aliphatic carbocycles. The molecule has 0 fully saturated rings. The van der Waals surface area contributed by atoms with Gasteiger partial charge in [-0.1, -0.05) is 231 Å². The van der Waals surface area contributed by atoms with Gasteiger partial charge in [0.25, 0.3) is 0 Å². The van der Waals surface area contributed by atoms with E-state index in [1.165, 1.54) is 179 Å². The van der Waals surface area contributed by atoms with Crippen molar-refractivity contribution in [2.45, 2.75) is 0 Å². The van der Waals surface area contributed by atoms with Crippen molar-refractivity contribution >= 4 is 184 Å². The molecule has 0 spiro atoms. The molecule has 7 nitrogen and oxygen atoms in total. The summed E-state index contributed by atoms with van der Waals surface area (Å²) in [7, 11) is 0. The molecule has 8 heteroatoms. The molecule has 0 radical (unpaired) electrons. The van der Waals surface area contributed by atoms with Crippen LogP contribution in [0.25, 0.3) is 229 Å². The van der Waals surface area contributed by atoms with Crippen molar-refractivity contribution in [1.29, 1.82) is 0 Å². The van der Waals surface area contributed by atoms with Crippen molar-refractivity contribution in [3.63, 3.8) is 0 Å². The fourth-order valence-electron chi connectivity index (χ4n) is 19.4. The first kappa shape index (κ1) is 64.4. The minimum absolute atomic E-state index is 0.898. The van der Waals surface area contributed by atoms with Gasteiger partial charge in [0.15, 0.2) is 5.58 Å². The Morgan fingerprint density at radius 3 is 0.897 bits per heavy atom. The van der Waals surface area contributed by atoms with Gasteiger partial charge in [-0.15, -0.1) is 11.3 Å². The second kappa shape index (κ2) is 25.1. The Labute approximate surface area is 668 Å². The minimum atomic E-state index is 0.898. The van der Waals surface area contributed by atoms with Crippen LogP contribution in [0.3, 0.4) is 0 Å². The molecule has 0 unspecified atom stereocenters. The highest BCUT2D eigenvalue weighted by atomic mass is 32.1. The number of aromatic nitrogens is 6. The second-order valence-electron chi connectivity index (χ2n) is 30.6. The van der Waals surface area contributed by atoms with Crippen LogP contribution in [0.2, 0.25) is 0 Å². The first-order valence-corrected chi connectivity index (χ1v) is 40.5. The average molecular weight is 1500 g/mol. The normalized spacial score (nSPS) is 12.1. The SMILES string of the molecule is c1ccc(-n2c3ccccc3c3cc(-c4ccc5c(c4)c4ccccc4n5-c4ccc5c(c4)c4ccccc4n5-c4cccc5c4oc4ccccc45)ccc32)cc1.c1ccc(-n2c3ccccc3c3cc(-c4ccc5c(c4)c4ccccc4n5-c4ccc5c(c4)c4ccccc4n5-c4cccc5c4sc4ccccc45)ccc32)cc1. The first-order valence-electron chi connectivity index (χ1n) is 39.7. The Bertz CT molecular complexity index is 8110. The molecule has 0 aliphatic rings. The molecular formula is C108H66N6OS. The number of hydrogen-bond donors (Lipinski definition) is 0. The van der Waals surface area contributed by atoms with Crippen LogP contribution in [-0.4, -0.2) is 27.4 Å². The van der Waals surface area contributed by atoms with Gasteiger partial charge in [0, 0.05) is 114 Å². The Hall–Kier alpha value is -15.2. The summed E-state index contributed by atoms with van der Waals surface area (Å²) in [5.74, 6) is 0. The van der Waals surface area contributed by atoms with Crippen molar-refractivity contribution in [2.24, 2.45) is 0 Å². The smallest absolute Gasteiger partial charge is 0.159 e. The zero-order valence-electron chi connectivity index (χ0n) is 62.6. The van der Waals surface area contributed by atoms with E-state index in [1.54, 1.807) is 0 Å². The summed E-state index contributed by atoms with van der Waals surface area (Å²) in [4.78, 5) is 0. The summed E-state index contributed by atoms with van der Waals surface area (Å²) < 4.78 is 23.7. The Balaban J connectivity index is 0.000000130. The molecule has 0 saturated heterocycles. The molecule has 18 aromatic carbocycles. The van der Waals surface area contributed by atoms with Crippen molar-refractivity contribution in [2.75, 3.05) is 0 Å². The van der Waals surface area contributed by atoms with Crippen molar-refractivity contribution in [1.82, 2.24) is 27.4 Å². The zero-order valence-corrected chi connectivity index (χ0v) is 63.4. The van der Waals surface area contributed by atoms with E-state index in [9.17, 15) is 0 Å². The summed E-state index contributed by atoms with van der Waals surface area (Å²) in [5.41, 5.74) is 27.9. The molecule has 26 rings (SSSR count). The molecule has 0 amide bonds. The van der Waals surface area contributed by atoms with E-state index in [-0.39, 0.29) is 0 Å². The number of fused-ring (bicyclic) bond motifs is 24. The molecule has 26 aromatic rings. The minimum Gasteiger partial charge on any atom is -0.454 e. The number of rotatable bonds is 8. The van der Waals surface area contributed by atoms with Crippen molar-refractivity contribution in [3.05, 3.63) is 400 Å². The first-order chi connectivity index (χ1) is 57.6. The molecule has 8 heterocycles. The van der Waals surface area contributed by atoms with E-state index in [1.807, 2.05) is 17.4 Å². The van der Waals surface area contributed by atoms with Gasteiger partial charge in [0.1, 0.15) is 5.58 Å². The number of furan rings is 1. The topological polar surface area (TPSA) is 42.7 Å². The predicted octanol–water partition coefficient (Wildman–Crippen LogP) is 29.6. The van der Waals surface area contributed by atoms with Gasteiger partial charge in [-0.25, -0.2) is 0 Å². The fraction of sp³-hybridized carbons (Fsp3) is 0. The molecule has 0 aliphatic heterocycles. The standard InChI is InChI=1S/C54H33N3O.C54H33N3S/c2*1-2-13-36(14-3-1)55-46-20-8-4-15-38(46)43-31-34(25-28-49(43)55)35-26-29-50-44(32-35)39-16-5-9-21-47(39)56(50)37-27-30-51-45(33-37)40-17-6-10-22-48(40)57(51)52-23-12-19-42-41-18-7-11-24-53(41)58-54(42)52/h2*1-33H. The van der Waals surface area contributed by atoms with Crippen LogP contribution >= 0.6 is 11.3 Å². The summed E-state index contributed by atoms with van der Waals surface area (Å²) in [5, 5.41) is 19.8. The summed E-state index contributed by atoms with van der Waals surface area (Å²) in [6.07, 6.45) is 0. The van der Waals surface area contributed by atoms with Gasteiger partial charge in [0.05, 0.1) is 82.3 Å². The molecule has 0 N–H and O–H groups in total. The lowest BCUT2D eigenvalue weighted by atomic mass is 10.0. The highest BCUT2D eigenvalue weighted by Gasteiger charge is 2.25. The van der Waals surface area contributed by atoms with E-state index >= 15 is 0 Å². The lowest BCUT2D eigenvalue weighted by Crippen LogP contribution is -1.96. The van der Waals surface area contributed by atoms with Gasteiger partial charge in [-0.3, -0.25) is 0 Å². The van der Waals surface area contributed by atoms with Crippen LogP contribution in [0, 0.1) is 0 Å². The van der Waals surface area contributed by atoms with E-state index < -0.39 is 0 Å². The molecular weight excluding hydrogens is 1430 g/mol. The summed E-state index contributed by atoms with van der Waals surface area (Å²) >= 11 is 1.88. The number of nitrogens with zero attached hydrogens (tertiary/aromatic N) is 6. The summed E-state index contributed by atoms with van der Waals surface area (Å²) in [6.45, 7) is 0. The Kier molecular flexibility index (Phi) is 14.0. The molecule has 116 heavy (non-hydrogen) atoms. The van der Waals surface area contributed by atoms with Crippen LogP contribution in [0.5, 0.6) is 0 Å². The second-order valence-corrected chi connectivity index (χ2v) is 31.7. The predicted molar refractivity (Wildman–Crippen MR) is 490 cm³/mol. The zero-order chi connectivity index (χ0) is 75.8. The van der Waals surface area contributed by atoms with Gasteiger partial charge in [0.2, 0.25) is 0 Å². The van der Waals surface area contributed by atoms with E-state index in [0.29, 0.717) is 0 Å². The highest BCUT2D eigenvalue weighted by molar-refractivity contribution is 7.26. The Morgan fingerprint density at radius 2 is 0.466 bits per heavy atom. The van der Waals surface area contributed by atoms with Gasteiger partial charge < -0.3 is 31.8 Å². The molecule has 0 bridgehead atoms. The van der Waals surface area contributed by atoms with Gasteiger partial charge in [-0.05, 0) is 192 Å². The molecule has 0 atom stereocenters. The number of benzene rings is 18. The lowest BCUT2D eigenvalue weighted by molar-refractivity contribution is 0.666. The van der Waals surface area contributed by atoms with Crippen LogP contribution in [0.15, 0.2) is 405 Å². The highest BCUT2D eigenvalue weighted by Crippen LogP contribution is 2.47. The molecule has 540 valence electrons. The van der Waals surface area contributed by atoms with Crippen LogP contribution in [0.4, 0.5) is 0 Å². The largest absolute Gasteiger partial charge is 0.454 e. The monoisotopic (exact) mass is 1490 g/mol. The third-order valence-corrected chi connectivity index (χ3v) is 25.7. The molecule has 0 saturated carbocycles. The Morgan fingerprint density at radius 1 is 0.172 bits per heavy atom. The van der Waals surface area contributed by atoms with E-state index in [4.69, 9.17) is 4.42 Å². The van der Waals surface area contributed by atoms with Crippen molar-refractivity contribution in [3.8, 4) is 56.4 Å². The maximum Gasteiger partial charge on any atom is 0.159 e. The average Bonchev–Trinajstić information content (AvgIpc) is 1.60. The van der Waals surface area contributed by atoms with E-state index in [0.717, 1.165) is 50.0 Å². The van der Waals surface area contributed by atoms with Crippen LogP contribution < -0.4 is 0 Å². The molecule has 8 aromatic heterocycles. The van der Waals surface area contributed by atoms with Crippen LogP contribution in [0.1, 0.15) is 0 Å². The number of thiophene rings is 1. The van der Waals surface area contributed by atoms with Crippen molar-refractivity contribution < 1.29 is 4.42 Å². The van der Waals surface area contributed by atoms with Crippen LogP contribution in [-0.2, 0) is 0 Å². The van der Waals surface area contributed by atoms with Gasteiger partial charge in [-0.2, -0.15) is 0 Å².